The summed E-state index contributed by atoms with van der Waals surface area (Å²) < 4.78 is 39.9. The van der Waals surface area contributed by atoms with Crippen LogP contribution in [0.1, 0.15) is 26.3 Å². The van der Waals surface area contributed by atoms with Gasteiger partial charge in [-0.15, -0.1) is 0 Å². The Hall–Kier alpha value is -2.38. The molecule has 26 heavy (non-hydrogen) atoms. The lowest BCUT2D eigenvalue weighted by Gasteiger charge is -2.19. The number of rotatable bonds is 5. The zero-order valence-corrected chi connectivity index (χ0v) is 15.8. The number of aromatic nitrogens is 2. The quantitative estimate of drug-likeness (QED) is 0.689. The Labute approximate surface area is 153 Å². The Kier molecular flexibility index (Phi) is 4.77. The first-order chi connectivity index (χ1) is 12.2. The summed E-state index contributed by atoms with van der Waals surface area (Å²) in [5.74, 6) is 0.704. The predicted molar refractivity (Wildman–Crippen MR) is 100 cm³/mol. The van der Waals surface area contributed by atoms with Crippen LogP contribution in [0, 0.1) is 0 Å². The average Bonchev–Trinajstić information content (AvgIpc) is 2.94. The predicted octanol–water partition coefficient (Wildman–Crippen LogP) is 3.66. The van der Waals surface area contributed by atoms with E-state index in [1.165, 1.54) is 10.1 Å². The third-order valence-electron chi connectivity index (χ3n) is 4.15. The topological polar surface area (TPSA) is 81.4 Å². The Morgan fingerprint density at radius 1 is 1.08 bits per heavy atom. The number of imidazole rings is 1. The number of benzene rings is 2. The molecule has 6 nitrogen and oxygen atoms in total. The summed E-state index contributed by atoms with van der Waals surface area (Å²) in [5, 5.41) is -0.370. The molecular weight excluding hydrogens is 352 g/mol. The molecule has 2 aromatic carbocycles. The number of fused-ring (bicyclic) bond motifs is 1. The average molecular weight is 374 g/mol. The van der Waals surface area contributed by atoms with E-state index in [2.05, 4.69) is 25.8 Å². The molecule has 1 aromatic heterocycles. The Morgan fingerprint density at radius 3 is 2.35 bits per heavy atom. The minimum absolute atomic E-state index is 0.0681. The number of nitrogens with zero attached hydrogens (tertiary/aromatic N) is 2. The van der Waals surface area contributed by atoms with Crippen molar-refractivity contribution in [1.82, 2.24) is 9.55 Å². The summed E-state index contributed by atoms with van der Waals surface area (Å²) in [6.07, 6.45) is 0. The van der Waals surface area contributed by atoms with Crippen LogP contribution in [0.3, 0.4) is 0 Å². The Bertz CT molecular complexity index is 1020. The van der Waals surface area contributed by atoms with Gasteiger partial charge in [0.1, 0.15) is 12.4 Å². The second-order valence-corrected chi connectivity index (χ2v) is 8.45. The van der Waals surface area contributed by atoms with E-state index in [0.717, 1.165) is 0 Å². The molecule has 0 fully saturated rings. The van der Waals surface area contributed by atoms with Crippen LogP contribution in [0.5, 0.6) is 5.75 Å². The van der Waals surface area contributed by atoms with Crippen LogP contribution < -0.4 is 4.74 Å². The third kappa shape index (κ3) is 3.89. The van der Waals surface area contributed by atoms with E-state index in [9.17, 15) is 13.0 Å². The number of hydrogen-bond acceptors (Lipinski definition) is 4. The molecule has 138 valence electrons. The van der Waals surface area contributed by atoms with Crippen molar-refractivity contribution in [2.45, 2.75) is 37.9 Å². The lowest BCUT2D eigenvalue weighted by atomic mass is 9.87. The van der Waals surface area contributed by atoms with Crippen molar-refractivity contribution in [3.05, 3.63) is 54.1 Å². The highest BCUT2D eigenvalue weighted by Crippen LogP contribution is 2.24. The first kappa shape index (κ1) is 18.4. The highest BCUT2D eigenvalue weighted by Gasteiger charge is 2.21. The van der Waals surface area contributed by atoms with E-state index in [-0.39, 0.29) is 23.7 Å². The molecule has 0 unspecified atom stereocenters. The molecule has 0 aliphatic heterocycles. The van der Waals surface area contributed by atoms with Gasteiger partial charge >= 0.3 is 10.1 Å². The van der Waals surface area contributed by atoms with Gasteiger partial charge < -0.3 is 9.30 Å². The van der Waals surface area contributed by atoms with Crippen molar-refractivity contribution in [1.29, 1.82) is 0 Å². The molecule has 7 heteroatoms. The maximum absolute atomic E-state index is 11.6. The van der Waals surface area contributed by atoms with Crippen molar-refractivity contribution in [3.8, 4) is 5.75 Å². The van der Waals surface area contributed by atoms with Crippen molar-refractivity contribution in [3.63, 3.8) is 0 Å². The van der Waals surface area contributed by atoms with Crippen LogP contribution in [0.2, 0.25) is 0 Å². The van der Waals surface area contributed by atoms with Crippen LogP contribution in [0.25, 0.3) is 11.0 Å². The summed E-state index contributed by atoms with van der Waals surface area (Å²) in [6, 6.07) is 14.9. The van der Waals surface area contributed by atoms with Crippen LogP contribution in [0.4, 0.5) is 0 Å². The van der Waals surface area contributed by atoms with Crippen molar-refractivity contribution in [2.75, 3.05) is 6.61 Å². The molecule has 0 bridgehead atoms. The molecule has 0 aliphatic rings. The number of hydrogen-bond donors (Lipinski definition) is 1. The normalized spacial score (nSPS) is 12.5. The highest BCUT2D eigenvalue weighted by molar-refractivity contribution is 7.85. The van der Waals surface area contributed by atoms with Gasteiger partial charge in [0.15, 0.2) is 0 Å². The van der Waals surface area contributed by atoms with E-state index < -0.39 is 10.1 Å². The lowest BCUT2D eigenvalue weighted by Crippen LogP contribution is -2.14. The van der Waals surface area contributed by atoms with E-state index in [4.69, 9.17) is 4.74 Å². The van der Waals surface area contributed by atoms with Gasteiger partial charge in [0.05, 0.1) is 17.6 Å². The molecule has 1 heterocycles. The molecule has 0 radical (unpaired) electrons. The molecular formula is C19H22N2O4S. The largest absolute Gasteiger partial charge is 0.492 e. The summed E-state index contributed by atoms with van der Waals surface area (Å²) in [6.45, 7) is 6.92. The minimum atomic E-state index is -4.42. The fourth-order valence-electron chi connectivity index (χ4n) is 2.77. The van der Waals surface area contributed by atoms with E-state index in [1.54, 1.807) is 24.3 Å². The molecule has 0 saturated carbocycles. The van der Waals surface area contributed by atoms with E-state index >= 15 is 0 Å². The molecule has 0 atom stereocenters. The molecule has 3 aromatic rings. The maximum atomic E-state index is 11.6. The van der Waals surface area contributed by atoms with E-state index in [0.29, 0.717) is 16.8 Å². The van der Waals surface area contributed by atoms with Crippen molar-refractivity contribution in [2.24, 2.45) is 0 Å². The smallest absolute Gasteiger partial charge is 0.328 e. The first-order valence-electron chi connectivity index (χ1n) is 8.32. The Morgan fingerprint density at radius 2 is 1.73 bits per heavy atom. The first-order valence-corrected chi connectivity index (χ1v) is 9.76. The van der Waals surface area contributed by atoms with Gasteiger partial charge in [-0.1, -0.05) is 45.0 Å². The molecule has 0 amide bonds. The van der Waals surface area contributed by atoms with Crippen molar-refractivity contribution < 1.29 is 17.7 Å². The lowest BCUT2D eigenvalue weighted by molar-refractivity contribution is 0.294. The van der Waals surface area contributed by atoms with Gasteiger partial charge in [-0.3, -0.25) is 4.55 Å². The van der Waals surface area contributed by atoms with E-state index in [1.807, 2.05) is 24.3 Å². The standard InChI is InChI=1S/C19H22N2O4S/c1-19(2,3)14-8-10-15(11-9-14)25-13-12-21-17-7-5-4-6-16(17)20-18(21)26(22,23)24/h4-11H,12-13H2,1-3H3,(H,22,23,24). The molecule has 1 N–H and O–H groups in total. The van der Waals surface area contributed by atoms with Crippen LogP contribution in [-0.2, 0) is 22.1 Å². The van der Waals surface area contributed by atoms with Crippen LogP contribution >= 0.6 is 0 Å². The van der Waals surface area contributed by atoms with Crippen LogP contribution in [-0.4, -0.2) is 29.1 Å². The molecule has 0 spiro atoms. The Balaban J connectivity index is 1.78. The summed E-state index contributed by atoms with van der Waals surface area (Å²) in [7, 11) is -4.42. The molecule has 0 saturated heterocycles. The monoisotopic (exact) mass is 374 g/mol. The van der Waals surface area contributed by atoms with Gasteiger partial charge in [-0.05, 0) is 35.2 Å². The summed E-state index contributed by atoms with van der Waals surface area (Å²) in [4.78, 5) is 4.02. The van der Waals surface area contributed by atoms with Gasteiger partial charge in [0, 0.05) is 0 Å². The minimum Gasteiger partial charge on any atom is -0.492 e. The second-order valence-electron chi connectivity index (χ2n) is 7.13. The molecule has 3 rings (SSSR count). The van der Waals surface area contributed by atoms with Gasteiger partial charge in [-0.25, -0.2) is 4.98 Å². The fourth-order valence-corrected chi connectivity index (χ4v) is 3.45. The highest BCUT2D eigenvalue weighted by atomic mass is 32.2. The van der Waals surface area contributed by atoms with Gasteiger partial charge in [0.2, 0.25) is 0 Å². The number of para-hydroxylation sites is 2. The fraction of sp³-hybridized carbons (Fsp3) is 0.316. The van der Waals surface area contributed by atoms with Crippen LogP contribution in [0.15, 0.2) is 53.7 Å². The number of ether oxygens (including phenoxy) is 1. The third-order valence-corrected chi connectivity index (χ3v) is 4.93. The zero-order valence-electron chi connectivity index (χ0n) is 15.0. The maximum Gasteiger partial charge on any atom is 0.328 e. The second kappa shape index (κ2) is 6.74. The SMILES string of the molecule is CC(C)(C)c1ccc(OCCn2c(S(=O)(=O)O)nc3ccccc32)cc1. The summed E-state index contributed by atoms with van der Waals surface area (Å²) >= 11 is 0. The summed E-state index contributed by atoms with van der Waals surface area (Å²) in [5.41, 5.74) is 2.42. The van der Waals surface area contributed by atoms with Gasteiger partial charge in [0.25, 0.3) is 5.16 Å². The van der Waals surface area contributed by atoms with Crippen molar-refractivity contribution >= 4 is 21.2 Å². The van der Waals surface area contributed by atoms with Gasteiger partial charge in [-0.2, -0.15) is 8.42 Å². The zero-order chi connectivity index (χ0) is 18.9. The molecule has 0 aliphatic carbocycles.